The Morgan fingerprint density at radius 1 is 0.165 bits per heavy atom. The van der Waals surface area contributed by atoms with Crippen LogP contribution in [0.5, 0.6) is 0 Å². The van der Waals surface area contributed by atoms with Gasteiger partial charge in [-0.25, -0.2) is 79.0 Å². The SMILES string of the molecule is C=CCOC1CCC(C)C(F)C1F.C=CCOC1CCC(C)C(F)C1F.C=CCOC1CCC(C)C(F)C1F.C=CCOC1CCC(C)C(F)C1F.CCCCCCOC1CCC(C)C(F)C1F.CCCCCCOC1CCC(C)C(F)C1F.CCCCCCOC1CCC(C)C(F)C1F.CCCCCOC1CCC(C)C(F)C1F.CCCCCOC1CCC(C)C(F)C1F.O.O.O.O.O.O.O.O.O. The molecule has 36 atom stereocenters. The van der Waals surface area contributed by atoms with Gasteiger partial charge in [-0.15, -0.1) is 26.3 Å². The van der Waals surface area contributed by atoms with Crippen molar-refractivity contribution in [2.75, 3.05) is 59.5 Å². The van der Waals surface area contributed by atoms with Gasteiger partial charge in [-0.2, -0.15) is 0 Å². The summed E-state index contributed by atoms with van der Waals surface area (Å²) in [6, 6.07) is 0. The highest BCUT2D eigenvalue weighted by atomic mass is 19.2. The summed E-state index contributed by atoms with van der Waals surface area (Å²) in [6.45, 7) is 44.4. The van der Waals surface area contributed by atoms with Crippen LogP contribution in [0.4, 0.5) is 79.0 Å². The zero-order chi connectivity index (χ0) is 97.8. The number of hydrogen-bond acceptors (Lipinski definition) is 9. The minimum Gasteiger partial charge on any atom is -0.412 e. The van der Waals surface area contributed by atoms with Gasteiger partial charge in [-0.3, -0.25) is 0 Å². The van der Waals surface area contributed by atoms with Gasteiger partial charge >= 0.3 is 0 Å². The van der Waals surface area contributed by atoms with E-state index in [1.807, 2.05) is 0 Å². The summed E-state index contributed by atoms with van der Waals surface area (Å²) in [5.41, 5.74) is 0. The van der Waals surface area contributed by atoms with Crippen molar-refractivity contribution in [3.63, 3.8) is 0 Å². The third-order valence-corrected chi connectivity index (χ3v) is 26.8. The summed E-state index contributed by atoms with van der Waals surface area (Å²) >= 11 is 0. The largest absolute Gasteiger partial charge is 0.412 e. The number of unbranched alkanes of at least 4 members (excludes halogenated alkanes) is 13. The molecular weight excluding hydrogens is 1870 g/mol. The molecule has 0 amide bonds. The first-order valence-electron chi connectivity index (χ1n) is 50.5. The summed E-state index contributed by atoms with van der Waals surface area (Å²) in [5, 5.41) is 0. The van der Waals surface area contributed by atoms with Gasteiger partial charge in [0, 0.05) is 33.0 Å². The quantitative estimate of drug-likeness (QED) is 0.0319. The smallest absolute Gasteiger partial charge is 0.157 e. The van der Waals surface area contributed by atoms with E-state index in [9.17, 15) is 79.0 Å². The van der Waals surface area contributed by atoms with Crippen LogP contribution in [0.3, 0.4) is 0 Å². The van der Waals surface area contributed by atoms with Gasteiger partial charge in [0.1, 0.15) is 55.5 Å². The molecule has 0 aromatic heterocycles. The summed E-state index contributed by atoms with van der Waals surface area (Å²) in [4.78, 5) is 0. The third-order valence-electron chi connectivity index (χ3n) is 26.8. The zero-order valence-electron chi connectivity index (χ0n) is 86.7. The lowest BCUT2D eigenvalue weighted by atomic mass is 9.85. The van der Waals surface area contributed by atoms with E-state index in [4.69, 9.17) is 42.6 Å². The fraction of sp³-hybridized carbons (Fsp3) is 0.922. The predicted molar refractivity (Wildman–Crippen MR) is 526 cm³/mol. The van der Waals surface area contributed by atoms with Gasteiger partial charge in [0.25, 0.3) is 0 Å². The van der Waals surface area contributed by atoms with Gasteiger partial charge in [-0.1, -0.05) is 205 Å². The average Bonchev–Trinajstić information content (AvgIpc) is 0.842. The Kier molecular flexibility index (Phi) is 101. The molecule has 18 N–H and O–H groups in total. The van der Waals surface area contributed by atoms with Gasteiger partial charge in [0.2, 0.25) is 0 Å². The van der Waals surface area contributed by atoms with Gasteiger partial charge in [0.15, 0.2) is 55.5 Å². The molecule has 9 fully saturated rings. The van der Waals surface area contributed by atoms with Gasteiger partial charge < -0.3 is 91.9 Å². The van der Waals surface area contributed by atoms with Crippen LogP contribution < -0.4 is 0 Å². The van der Waals surface area contributed by atoms with Crippen molar-refractivity contribution < 1.29 is 171 Å². The molecule has 844 valence electrons. The van der Waals surface area contributed by atoms with Crippen molar-refractivity contribution in [1.29, 1.82) is 0 Å². The first kappa shape index (κ1) is 154. The zero-order valence-corrected chi connectivity index (χ0v) is 86.7. The van der Waals surface area contributed by atoms with E-state index in [0.29, 0.717) is 143 Å². The number of hydrogen-bond donors (Lipinski definition) is 0. The molecule has 139 heavy (non-hydrogen) atoms. The maximum absolute atomic E-state index is 13.6. The van der Waals surface area contributed by atoms with Crippen LogP contribution in [0.1, 0.15) is 328 Å². The van der Waals surface area contributed by atoms with E-state index in [2.05, 4.69) is 60.9 Å². The fourth-order valence-electron chi connectivity index (χ4n) is 17.2. The lowest BCUT2D eigenvalue weighted by Gasteiger charge is -2.32. The highest BCUT2D eigenvalue weighted by molar-refractivity contribution is 4.95. The molecule has 9 aliphatic rings. The minimum atomic E-state index is -1.47. The normalized spacial score (nSPS) is 35.2. The summed E-state index contributed by atoms with van der Waals surface area (Å²) in [6.07, 6.45) is 8.12. The molecule has 9 aliphatic carbocycles. The Morgan fingerprint density at radius 2 is 0.273 bits per heavy atom. The molecule has 36 unspecified atom stereocenters. The van der Waals surface area contributed by atoms with Crippen molar-refractivity contribution in [1.82, 2.24) is 0 Å². The van der Waals surface area contributed by atoms with Gasteiger partial charge in [0.05, 0.1) is 81.4 Å². The molecule has 9 saturated carbocycles. The van der Waals surface area contributed by atoms with Crippen LogP contribution >= 0.6 is 0 Å². The summed E-state index contributed by atoms with van der Waals surface area (Å²) in [5.74, 6) is -1.51. The van der Waals surface area contributed by atoms with Crippen molar-refractivity contribution >= 4 is 0 Å². The van der Waals surface area contributed by atoms with Crippen molar-refractivity contribution in [2.24, 2.45) is 53.3 Å². The second-order valence-electron chi connectivity index (χ2n) is 38.3. The average molecular weight is 2070 g/mol. The number of alkyl halides is 18. The lowest BCUT2D eigenvalue weighted by Crippen LogP contribution is -2.41. The Balaban J connectivity index is -0.000000194. The van der Waals surface area contributed by atoms with Crippen LogP contribution in [0.2, 0.25) is 0 Å². The van der Waals surface area contributed by atoms with E-state index < -0.39 is 166 Å². The van der Waals surface area contributed by atoms with Gasteiger partial charge in [-0.05, 0) is 201 Å². The predicted octanol–water partition coefficient (Wildman–Crippen LogP) is 22.7. The molecule has 9 rings (SSSR count). The Bertz CT molecular complexity index is 2450. The number of rotatable bonds is 40. The van der Waals surface area contributed by atoms with E-state index >= 15 is 0 Å². The first-order valence-corrected chi connectivity index (χ1v) is 50.5. The van der Waals surface area contributed by atoms with Crippen LogP contribution in [0.15, 0.2) is 50.6 Å². The molecule has 0 aliphatic heterocycles. The Hall–Kier alpha value is -3.02. The van der Waals surface area contributed by atoms with Crippen molar-refractivity contribution in [3.8, 4) is 0 Å². The first-order chi connectivity index (χ1) is 62.0. The molecule has 0 radical (unpaired) electrons. The molecule has 0 aromatic rings. The van der Waals surface area contributed by atoms with E-state index in [1.54, 1.807) is 86.6 Å². The maximum Gasteiger partial charge on any atom is 0.157 e. The second-order valence-corrected chi connectivity index (χ2v) is 38.3. The van der Waals surface area contributed by atoms with Crippen LogP contribution in [0.25, 0.3) is 0 Å². The molecule has 0 aromatic carbocycles. The highest BCUT2D eigenvalue weighted by Gasteiger charge is 2.46. The Labute approximate surface area is 825 Å². The van der Waals surface area contributed by atoms with Crippen LogP contribution in [-0.2, 0) is 42.6 Å². The molecule has 36 heteroatoms. The summed E-state index contributed by atoms with van der Waals surface area (Å²) in [7, 11) is 0. The van der Waals surface area contributed by atoms with Crippen molar-refractivity contribution in [3.05, 3.63) is 50.6 Å². The van der Waals surface area contributed by atoms with E-state index in [0.717, 1.165) is 109 Å². The second kappa shape index (κ2) is 91.2. The molecular formula is C103H198F18O18. The topological polar surface area (TPSA) is 367 Å². The molecule has 0 bridgehead atoms. The standard InChI is InChI=1S/3C13H24F2O.2C12H22F2O.4C10H16F2O.9H2O/c3*1-3-4-5-6-9-16-11-8-7-10(2)12(14)13(11)15;2*1-3-4-5-8-15-10-7-6-9(2)11(13)12(10)14;4*1-3-6-13-8-5-4-7(2)9(11)10(8)12;;;;;;;;;/h3*10-13H,3-9H2,1-2H3;2*9-12H,3-8H2,1-2H3;4*3,7-10H,1,4-6H2,2H3;9*1H2. The third kappa shape index (κ3) is 60.3. The van der Waals surface area contributed by atoms with E-state index in [1.165, 1.54) is 38.5 Å². The fourth-order valence-corrected chi connectivity index (χ4v) is 17.2. The highest BCUT2D eigenvalue weighted by Crippen LogP contribution is 2.40. The Morgan fingerprint density at radius 3 is 0.388 bits per heavy atom. The number of ether oxygens (including phenoxy) is 9. The monoisotopic (exact) mass is 2070 g/mol. The molecule has 0 saturated heterocycles. The van der Waals surface area contributed by atoms with Crippen LogP contribution in [0, 0.1) is 53.3 Å². The molecule has 18 nitrogen and oxygen atoms in total. The minimum absolute atomic E-state index is 0. The molecule has 0 heterocycles. The summed E-state index contributed by atoms with van der Waals surface area (Å²) < 4.78 is 288. The lowest BCUT2D eigenvalue weighted by molar-refractivity contribution is -0.0720. The van der Waals surface area contributed by atoms with Crippen molar-refractivity contribution in [2.45, 2.75) is 494 Å². The molecule has 0 spiro atoms. The van der Waals surface area contributed by atoms with Crippen LogP contribution in [-0.4, -0.2) is 275 Å². The number of halogens is 18. The van der Waals surface area contributed by atoms with E-state index in [-0.39, 0.29) is 103 Å². The maximum atomic E-state index is 13.6.